The molecular formula is C25H25F3N3O3W-. The molecule has 1 aromatic heterocycles. The van der Waals surface area contributed by atoms with E-state index >= 15 is 0 Å². The zero-order valence-electron chi connectivity index (χ0n) is 19.0. The molecular weight excluding hydrogens is 631 g/mol. The number of nitrogens with one attached hydrogen (secondary N) is 1. The van der Waals surface area contributed by atoms with Gasteiger partial charge in [0.05, 0.1) is 18.6 Å². The summed E-state index contributed by atoms with van der Waals surface area (Å²) in [5, 5.41) is 9.66. The maximum atomic E-state index is 12.5. The molecule has 4 N–H and O–H groups in total. The minimum absolute atomic E-state index is 0. The fraction of sp³-hybridized carbons (Fsp3) is 0.200. The summed E-state index contributed by atoms with van der Waals surface area (Å²) >= 11 is 0. The molecule has 0 bridgehead atoms. The molecule has 0 amide bonds. The number of aliphatic hydroxyl groups is 1. The van der Waals surface area contributed by atoms with Crippen molar-refractivity contribution in [2.45, 2.75) is 25.4 Å². The van der Waals surface area contributed by atoms with Crippen LogP contribution in [-0.2, 0) is 43.2 Å². The third kappa shape index (κ3) is 8.76. The molecule has 2 aromatic carbocycles. The molecule has 0 spiro atoms. The number of rotatable bonds is 5. The normalized spacial score (nSPS) is 12.0. The van der Waals surface area contributed by atoms with Crippen LogP contribution in [0.3, 0.4) is 0 Å². The van der Waals surface area contributed by atoms with E-state index in [1.807, 2.05) is 0 Å². The summed E-state index contributed by atoms with van der Waals surface area (Å²) in [6, 6.07) is 15.2. The molecule has 1 heterocycles. The first-order valence-corrected chi connectivity index (χ1v) is 10.2. The predicted octanol–water partition coefficient (Wildman–Crippen LogP) is 6.15. The molecule has 186 valence electrons. The third-order valence-corrected chi connectivity index (χ3v) is 4.93. The van der Waals surface area contributed by atoms with Crippen LogP contribution in [0, 0.1) is 0 Å². The van der Waals surface area contributed by atoms with Crippen LogP contribution in [-0.4, -0.2) is 23.2 Å². The Morgan fingerprint density at radius 2 is 1.74 bits per heavy atom. The van der Waals surface area contributed by atoms with Crippen LogP contribution in [0.4, 0.5) is 18.9 Å². The Labute approximate surface area is 216 Å². The Kier molecular flexibility index (Phi) is 11.5. The molecule has 0 saturated carbocycles. The van der Waals surface area contributed by atoms with E-state index in [9.17, 15) is 23.1 Å². The number of aliphatic hydroxyl groups excluding tert-OH is 1. The average Bonchev–Trinajstić information content (AvgIpc) is 2.83. The minimum atomic E-state index is -4.35. The molecule has 1 unspecified atom stereocenters. The van der Waals surface area contributed by atoms with E-state index < -0.39 is 11.7 Å². The van der Waals surface area contributed by atoms with E-state index in [2.05, 4.69) is 9.72 Å². The molecule has 0 aliphatic heterocycles. The molecule has 0 fully saturated rings. The van der Waals surface area contributed by atoms with Gasteiger partial charge in [0.2, 0.25) is 0 Å². The number of carbonyl (C=O) groups is 1. The van der Waals surface area contributed by atoms with Crippen LogP contribution in [0.25, 0.3) is 11.5 Å². The molecule has 0 saturated heterocycles. The minimum Gasteiger partial charge on any atom is -0.699 e. The molecule has 3 rings (SSSR count). The van der Waals surface area contributed by atoms with Gasteiger partial charge in [0.25, 0.3) is 0 Å². The number of ether oxygens (including phenoxy) is 1. The van der Waals surface area contributed by atoms with Gasteiger partial charge in [0, 0.05) is 33.5 Å². The smallest absolute Gasteiger partial charge is 0.416 e. The van der Waals surface area contributed by atoms with Crippen molar-refractivity contribution in [1.29, 1.82) is 0 Å². The first-order valence-electron chi connectivity index (χ1n) is 10.2. The fourth-order valence-corrected chi connectivity index (χ4v) is 3.01. The number of aromatic nitrogens is 1. The largest absolute Gasteiger partial charge is 0.699 e. The number of nitrogens with two attached hydrogens (primary N) is 1. The average molecular weight is 656 g/mol. The number of methoxy groups -OCH3 is 1. The van der Waals surface area contributed by atoms with Gasteiger partial charge in [-0.1, -0.05) is 42.5 Å². The number of nitrogens with zero attached hydrogens (tertiary/aromatic N) is 1. The fourth-order valence-electron chi connectivity index (χ4n) is 3.01. The second-order valence-corrected chi connectivity index (χ2v) is 7.30. The molecule has 10 heteroatoms. The Balaban J connectivity index is 0.000000378. The predicted molar refractivity (Wildman–Crippen MR) is 124 cm³/mol. The Bertz CT molecular complexity index is 1120. The standard InChI is InChI=1S/C15H13F3N2O.C10H12NO2.W/c16-15(17,18)12-5-3-10(4-6-12)8-11-2-1-7-20-14(11)13(21)9-19;1-7(10(12)13-2)8-3-5-9(11)6-4-8;/h1-7,9,21H,8,19H2;3-7,11H,1-2H3;/q;-1;/b13-9-;;. The summed E-state index contributed by atoms with van der Waals surface area (Å²) in [5.74, 6) is -0.680. The Morgan fingerprint density at radius 3 is 2.26 bits per heavy atom. The van der Waals surface area contributed by atoms with Gasteiger partial charge >= 0.3 is 12.1 Å². The van der Waals surface area contributed by atoms with Crippen molar-refractivity contribution in [2.24, 2.45) is 5.73 Å². The zero-order chi connectivity index (χ0) is 25.3. The summed E-state index contributed by atoms with van der Waals surface area (Å²) in [7, 11) is 1.37. The van der Waals surface area contributed by atoms with Crippen molar-refractivity contribution in [3.63, 3.8) is 0 Å². The van der Waals surface area contributed by atoms with Crippen LogP contribution in [0.5, 0.6) is 0 Å². The molecule has 0 radical (unpaired) electrons. The second kappa shape index (κ2) is 13.5. The van der Waals surface area contributed by atoms with Crippen molar-refractivity contribution in [3.05, 3.63) is 107 Å². The monoisotopic (exact) mass is 656 g/mol. The van der Waals surface area contributed by atoms with Crippen LogP contribution in [0.15, 0.2) is 73.1 Å². The number of hydrogen-bond acceptors (Lipinski definition) is 5. The van der Waals surface area contributed by atoms with E-state index in [0.29, 0.717) is 28.9 Å². The van der Waals surface area contributed by atoms with Crippen LogP contribution < -0.4 is 5.73 Å². The van der Waals surface area contributed by atoms with E-state index in [1.54, 1.807) is 43.3 Å². The van der Waals surface area contributed by atoms with Crippen LogP contribution in [0.2, 0.25) is 0 Å². The molecule has 1 atom stereocenters. The van der Waals surface area contributed by atoms with Gasteiger partial charge in [-0.3, -0.25) is 9.78 Å². The number of hydrogen-bond donors (Lipinski definition) is 2. The number of pyridine rings is 1. The summed E-state index contributed by atoms with van der Waals surface area (Å²) in [5.41, 5.74) is 14.8. The number of carbonyl (C=O) groups excluding carboxylic acids is 1. The van der Waals surface area contributed by atoms with Gasteiger partial charge in [-0.2, -0.15) is 13.2 Å². The van der Waals surface area contributed by atoms with Crippen molar-refractivity contribution in [2.75, 3.05) is 7.11 Å². The first kappa shape index (κ1) is 29.7. The maximum absolute atomic E-state index is 12.5. The van der Waals surface area contributed by atoms with E-state index in [4.69, 9.17) is 11.5 Å². The van der Waals surface area contributed by atoms with Crippen LogP contribution in [0.1, 0.15) is 40.8 Å². The maximum Gasteiger partial charge on any atom is 0.416 e. The Morgan fingerprint density at radius 1 is 1.14 bits per heavy atom. The molecule has 0 aliphatic rings. The van der Waals surface area contributed by atoms with Gasteiger partial charge in [-0.25, -0.2) is 0 Å². The van der Waals surface area contributed by atoms with Crippen molar-refractivity contribution in [1.82, 2.24) is 4.98 Å². The number of esters is 1. The zero-order valence-corrected chi connectivity index (χ0v) is 22.0. The molecule has 6 nitrogen and oxygen atoms in total. The van der Waals surface area contributed by atoms with Crippen LogP contribution >= 0.6 is 0 Å². The van der Waals surface area contributed by atoms with Gasteiger partial charge < -0.3 is 21.3 Å². The molecule has 3 aromatic rings. The molecule has 0 aliphatic carbocycles. The van der Waals surface area contributed by atoms with Gasteiger partial charge in [-0.05, 0) is 48.2 Å². The number of halogens is 3. The summed E-state index contributed by atoms with van der Waals surface area (Å²) in [6.45, 7) is 1.78. The van der Waals surface area contributed by atoms with Crippen molar-refractivity contribution in [3.8, 4) is 0 Å². The summed E-state index contributed by atoms with van der Waals surface area (Å²) in [4.78, 5) is 15.2. The number of benzene rings is 2. The van der Waals surface area contributed by atoms with E-state index in [1.165, 1.54) is 25.4 Å². The Hall–Kier alpha value is -3.32. The summed E-state index contributed by atoms with van der Waals surface area (Å²) in [6.07, 6.45) is -1.47. The van der Waals surface area contributed by atoms with E-state index in [0.717, 1.165) is 23.9 Å². The number of alkyl halides is 3. The first-order chi connectivity index (χ1) is 16.1. The SMILES string of the molecule is COC(=O)C(C)c1ccc([NH-])cc1.N/C=C(\O)c1ncccc1Cc1ccc(C(F)(F)F)cc1.[W]. The topological polar surface area (TPSA) is 109 Å². The van der Waals surface area contributed by atoms with Gasteiger partial charge in [-0.15, -0.1) is 5.69 Å². The van der Waals surface area contributed by atoms with Gasteiger partial charge in [0.15, 0.2) is 5.76 Å². The van der Waals surface area contributed by atoms with E-state index in [-0.39, 0.29) is 38.7 Å². The summed E-state index contributed by atoms with van der Waals surface area (Å²) < 4.78 is 42.1. The van der Waals surface area contributed by atoms with Gasteiger partial charge in [0.1, 0.15) is 5.69 Å². The van der Waals surface area contributed by atoms with Crippen molar-refractivity contribution < 1.29 is 48.9 Å². The second-order valence-electron chi connectivity index (χ2n) is 7.30. The third-order valence-electron chi connectivity index (χ3n) is 4.93. The molecule has 35 heavy (non-hydrogen) atoms. The van der Waals surface area contributed by atoms with Crippen molar-refractivity contribution >= 4 is 17.4 Å². The quantitative estimate of drug-likeness (QED) is 0.253.